The van der Waals surface area contributed by atoms with Crippen molar-refractivity contribution in [3.8, 4) is 0 Å². The van der Waals surface area contributed by atoms with Gasteiger partial charge >= 0.3 is 6.03 Å². The van der Waals surface area contributed by atoms with Gasteiger partial charge in [-0.3, -0.25) is 4.79 Å². The van der Waals surface area contributed by atoms with Gasteiger partial charge in [0, 0.05) is 15.5 Å². The third-order valence-electron chi connectivity index (χ3n) is 4.04. The molecule has 1 atom stereocenters. The average Bonchev–Trinajstić information content (AvgIpc) is 2.62. The van der Waals surface area contributed by atoms with Gasteiger partial charge in [0.2, 0.25) is 5.91 Å². The van der Waals surface area contributed by atoms with E-state index in [1.165, 1.54) is 0 Å². The lowest BCUT2D eigenvalue weighted by molar-refractivity contribution is -0.116. The summed E-state index contributed by atoms with van der Waals surface area (Å²) < 4.78 is 0.916. The summed E-state index contributed by atoms with van der Waals surface area (Å²) in [5.41, 5.74) is 6.82. The lowest BCUT2D eigenvalue weighted by Gasteiger charge is -2.18. The smallest absolute Gasteiger partial charge is 0.312 e. The van der Waals surface area contributed by atoms with Crippen molar-refractivity contribution in [2.24, 2.45) is 5.73 Å². The number of fused-ring (bicyclic) bond motifs is 1. The Labute approximate surface area is 159 Å². The second-order valence-electron chi connectivity index (χ2n) is 5.89. The maximum atomic E-state index is 12.6. The van der Waals surface area contributed by atoms with Crippen molar-refractivity contribution >= 4 is 44.3 Å². The van der Waals surface area contributed by atoms with E-state index in [4.69, 9.17) is 5.73 Å². The van der Waals surface area contributed by atoms with E-state index in [0.29, 0.717) is 0 Å². The number of halogens is 1. The molecule has 0 heterocycles. The van der Waals surface area contributed by atoms with Gasteiger partial charge in [0.1, 0.15) is 0 Å². The predicted molar refractivity (Wildman–Crippen MR) is 107 cm³/mol. The standard InChI is InChI=1S/C20H18BrN3O2/c21-15-10-8-14(9-11-15)18(24-20(22)26)12-19(25)23-17-7-3-5-13-4-1-2-6-16(13)17/h1-11,18H,12H2,(H,23,25)(H3,22,24,26)/t18-/m1/s1. The molecule has 0 spiro atoms. The van der Waals surface area contributed by atoms with Crippen molar-refractivity contribution in [1.29, 1.82) is 0 Å². The highest BCUT2D eigenvalue weighted by Crippen LogP contribution is 2.25. The van der Waals surface area contributed by atoms with Crippen molar-refractivity contribution in [2.75, 3.05) is 5.32 Å². The molecule has 0 aliphatic heterocycles. The fourth-order valence-electron chi connectivity index (χ4n) is 2.84. The molecule has 4 N–H and O–H groups in total. The molecule has 3 aromatic rings. The lowest BCUT2D eigenvalue weighted by Crippen LogP contribution is -2.35. The van der Waals surface area contributed by atoms with Gasteiger partial charge in [0.05, 0.1) is 12.5 Å². The minimum Gasteiger partial charge on any atom is -0.352 e. The zero-order chi connectivity index (χ0) is 18.5. The summed E-state index contributed by atoms with van der Waals surface area (Å²) in [6.45, 7) is 0. The number of benzene rings is 3. The van der Waals surface area contributed by atoms with Crippen LogP contribution in [0.4, 0.5) is 10.5 Å². The summed E-state index contributed by atoms with van der Waals surface area (Å²) in [6.07, 6.45) is 0.0772. The number of carbonyl (C=O) groups excluding carboxylic acids is 2. The Morgan fingerprint density at radius 1 is 0.962 bits per heavy atom. The molecule has 5 nitrogen and oxygen atoms in total. The van der Waals surface area contributed by atoms with Crippen LogP contribution in [0.3, 0.4) is 0 Å². The van der Waals surface area contributed by atoms with Gasteiger partial charge in [-0.05, 0) is 29.1 Å². The second-order valence-corrected chi connectivity index (χ2v) is 6.81. The fourth-order valence-corrected chi connectivity index (χ4v) is 3.10. The van der Waals surface area contributed by atoms with Crippen molar-refractivity contribution < 1.29 is 9.59 Å². The Balaban J connectivity index is 1.79. The Bertz CT molecular complexity index is 936. The molecule has 6 heteroatoms. The molecule has 0 radical (unpaired) electrons. The monoisotopic (exact) mass is 411 g/mol. The van der Waals surface area contributed by atoms with Crippen LogP contribution in [-0.4, -0.2) is 11.9 Å². The van der Waals surface area contributed by atoms with Gasteiger partial charge in [-0.25, -0.2) is 4.79 Å². The average molecular weight is 412 g/mol. The molecule has 0 unspecified atom stereocenters. The number of carbonyl (C=O) groups is 2. The first-order chi connectivity index (χ1) is 12.5. The summed E-state index contributed by atoms with van der Waals surface area (Å²) in [6, 6.07) is 19.8. The molecule has 0 saturated carbocycles. The highest BCUT2D eigenvalue weighted by Gasteiger charge is 2.18. The predicted octanol–water partition coefficient (Wildman–Crippen LogP) is 4.34. The molecule has 26 heavy (non-hydrogen) atoms. The van der Waals surface area contributed by atoms with Crippen LogP contribution in [0.2, 0.25) is 0 Å². The van der Waals surface area contributed by atoms with Crippen LogP contribution >= 0.6 is 15.9 Å². The maximum Gasteiger partial charge on any atom is 0.312 e. The molecule has 0 aliphatic rings. The van der Waals surface area contributed by atoms with E-state index in [9.17, 15) is 9.59 Å². The molecule has 132 valence electrons. The second kappa shape index (κ2) is 8.01. The Morgan fingerprint density at radius 2 is 1.65 bits per heavy atom. The summed E-state index contributed by atoms with van der Waals surface area (Å²) >= 11 is 3.37. The van der Waals surface area contributed by atoms with Crippen LogP contribution in [0, 0.1) is 0 Å². The van der Waals surface area contributed by atoms with Gasteiger partial charge in [-0.15, -0.1) is 0 Å². The van der Waals surface area contributed by atoms with Crippen molar-refractivity contribution in [3.63, 3.8) is 0 Å². The maximum absolute atomic E-state index is 12.6. The fraction of sp³-hybridized carbons (Fsp3) is 0.100. The molecule has 3 aromatic carbocycles. The highest BCUT2D eigenvalue weighted by atomic mass is 79.9. The van der Waals surface area contributed by atoms with E-state index >= 15 is 0 Å². The number of nitrogens with one attached hydrogen (secondary N) is 2. The van der Waals surface area contributed by atoms with Gasteiger partial charge < -0.3 is 16.4 Å². The van der Waals surface area contributed by atoms with Crippen molar-refractivity contribution in [3.05, 3.63) is 76.8 Å². The Kier molecular flexibility index (Phi) is 5.53. The molecular weight excluding hydrogens is 394 g/mol. The Hall–Kier alpha value is -2.86. The normalized spacial score (nSPS) is 11.7. The highest BCUT2D eigenvalue weighted by molar-refractivity contribution is 9.10. The van der Waals surface area contributed by atoms with Crippen LogP contribution in [0.5, 0.6) is 0 Å². The molecule has 0 bridgehead atoms. The number of urea groups is 1. The first-order valence-corrected chi connectivity index (χ1v) is 8.91. The zero-order valence-electron chi connectivity index (χ0n) is 13.9. The SMILES string of the molecule is NC(=O)N[C@H](CC(=O)Nc1cccc2ccccc12)c1ccc(Br)cc1. The van der Waals surface area contributed by atoms with Crippen LogP contribution in [0.25, 0.3) is 10.8 Å². The van der Waals surface area contributed by atoms with E-state index < -0.39 is 12.1 Å². The van der Waals surface area contributed by atoms with Crippen molar-refractivity contribution in [2.45, 2.75) is 12.5 Å². The van der Waals surface area contributed by atoms with Crippen LogP contribution in [0.15, 0.2) is 71.2 Å². The zero-order valence-corrected chi connectivity index (χ0v) is 15.5. The first kappa shape index (κ1) is 17.9. The topological polar surface area (TPSA) is 84.2 Å². The number of primary amides is 1. The first-order valence-electron chi connectivity index (χ1n) is 8.12. The number of hydrogen-bond donors (Lipinski definition) is 3. The number of hydrogen-bond acceptors (Lipinski definition) is 2. The summed E-state index contributed by atoms with van der Waals surface area (Å²) in [7, 11) is 0. The van der Waals surface area contributed by atoms with E-state index in [0.717, 1.165) is 26.5 Å². The molecule has 0 saturated heterocycles. The minimum absolute atomic E-state index is 0.0772. The van der Waals surface area contributed by atoms with Gasteiger partial charge in [-0.2, -0.15) is 0 Å². The molecule has 0 fully saturated rings. The molecule has 3 amide bonds. The van der Waals surface area contributed by atoms with E-state index in [-0.39, 0.29) is 12.3 Å². The van der Waals surface area contributed by atoms with Crippen LogP contribution in [0.1, 0.15) is 18.0 Å². The largest absolute Gasteiger partial charge is 0.352 e. The number of rotatable bonds is 5. The van der Waals surface area contributed by atoms with Crippen LogP contribution in [-0.2, 0) is 4.79 Å². The van der Waals surface area contributed by atoms with E-state index in [1.54, 1.807) is 0 Å². The third kappa shape index (κ3) is 4.40. The van der Waals surface area contributed by atoms with E-state index in [1.807, 2.05) is 66.7 Å². The van der Waals surface area contributed by atoms with Crippen molar-refractivity contribution in [1.82, 2.24) is 5.32 Å². The molecule has 0 aliphatic carbocycles. The summed E-state index contributed by atoms with van der Waals surface area (Å²) in [4.78, 5) is 23.9. The number of anilines is 1. The lowest BCUT2D eigenvalue weighted by atomic mass is 10.0. The summed E-state index contributed by atoms with van der Waals surface area (Å²) in [5.74, 6) is -0.206. The minimum atomic E-state index is -0.670. The number of nitrogens with two attached hydrogens (primary N) is 1. The van der Waals surface area contributed by atoms with E-state index in [2.05, 4.69) is 26.6 Å². The summed E-state index contributed by atoms with van der Waals surface area (Å²) in [5, 5.41) is 7.57. The molecular formula is C20H18BrN3O2. The molecule has 0 aromatic heterocycles. The van der Waals surface area contributed by atoms with Crippen LogP contribution < -0.4 is 16.4 Å². The third-order valence-corrected chi connectivity index (χ3v) is 4.57. The Morgan fingerprint density at radius 3 is 2.38 bits per heavy atom. The van der Waals surface area contributed by atoms with Gasteiger partial charge in [0.15, 0.2) is 0 Å². The molecule has 3 rings (SSSR count). The number of amides is 3. The quantitative estimate of drug-likeness (QED) is 0.583. The van der Waals surface area contributed by atoms with Gasteiger partial charge in [-0.1, -0.05) is 64.5 Å². The van der Waals surface area contributed by atoms with Gasteiger partial charge in [0.25, 0.3) is 0 Å².